The highest BCUT2D eigenvalue weighted by Crippen LogP contribution is 2.70. The highest BCUT2D eigenvalue weighted by molar-refractivity contribution is 7.55. The fourth-order valence-electron chi connectivity index (χ4n) is 4.34. The van der Waals surface area contributed by atoms with Crippen LogP contribution in [0.5, 0.6) is 0 Å². The first-order valence-electron chi connectivity index (χ1n) is 11.0. The van der Waals surface area contributed by atoms with Gasteiger partial charge in [-0.3, -0.25) is 9.09 Å². The molecule has 0 aliphatic rings. The summed E-state index contributed by atoms with van der Waals surface area (Å²) < 4.78 is 27.6. The Hall–Kier alpha value is -2.97. The minimum absolute atomic E-state index is 0.866. The molecule has 0 heterocycles. The van der Waals surface area contributed by atoms with Crippen LogP contribution in [0.4, 0.5) is 0 Å². The van der Waals surface area contributed by atoms with Crippen LogP contribution in [0.3, 0.4) is 0 Å². The largest absolute Gasteiger partial charge is 0.346 e. The summed E-state index contributed by atoms with van der Waals surface area (Å²) in [6.07, 6.45) is 0. The predicted octanol–water partition coefficient (Wildman–Crippen LogP) is 7.77. The molecule has 4 aromatic carbocycles. The van der Waals surface area contributed by atoms with Crippen LogP contribution in [0, 0.1) is 0 Å². The first kappa shape index (κ1) is 23.2. The minimum atomic E-state index is -3.82. The van der Waals surface area contributed by atoms with Crippen molar-refractivity contribution < 1.29 is 13.6 Å². The van der Waals surface area contributed by atoms with E-state index in [0.717, 1.165) is 22.3 Å². The molecule has 0 saturated carbocycles. The zero-order valence-electron chi connectivity index (χ0n) is 19.2. The fraction of sp³-hybridized carbons (Fsp3) is 0.172. The van der Waals surface area contributed by atoms with Crippen LogP contribution in [0.25, 0.3) is 0 Å². The standard InChI is InChI=1S/C29H29O3P/c1-28(24-16-8-4-9-17-24,25-18-10-5-11-19-25)32-33(30,31-3)29(2,26-20-12-6-13-21-26)27-22-14-7-15-23-27/h4-23H,1-3H3. The van der Waals surface area contributed by atoms with Gasteiger partial charge >= 0.3 is 7.60 Å². The third kappa shape index (κ3) is 4.20. The van der Waals surface area contributed by atoms with Gasteiger partial charge in [-0.15, -0.1) is 0 Å². The lowest BCUT2D eigenvalue weighted by Gasteiger charge is -2.42. The quantitative estimate of drug-likeness (QED) is 0.254. The van der Waals surface area contributed by atoms with Crippen LogP contribution >= 0.6 is 7.60 Å². The molecular weight excluding hydrogens is 427 g/mol. The highest BCUT2D eigenvalue weighted by atomic mass is 31.2. The van der Waals surface area contributed by atoms with E-state index in [4.69, 9.17) is 9.05 Å². The van der Waals surface area contributed by atoms with Gasteiger partial charge in [-0.05, 0) is 36.1 Å². The lowest BCUT2D eigenvalue weighted by atomic mass is 9.88. The number of hydrogen-bond acceptors (Lipinski definition) is 3. The van der Waals surface area contributed by atoms with Crippen LogP contribution in [0.1, 0.15) is 36.1 Å². The van der Waals surface area contributed by atoms with Gasteiger partial charge in [-0.1, -0.05) is 121 Å². The van der Waals surface area contributed by atoms with Crippen molar-refractivity contribution in [3.63, 3.8) is 0 Å². The molecule has 1 unspecified atom stereocenters. The Morgan fingerprint density at radius 1 is 0.545 bits per heavy atom. The van der Waals surface area contributed by atoms with Crippen molar-refractivity contribution in [2.24, 2.45) is 0 Å². The average Bonchev–Trinajstić information content (AvgIpc) is 2.90. The van der Waals surface area contributed by atoms with Gasteiger partial charge in [0.05, 0.1) is 0 Å². The fourth-order valence-corrected chi connectivity index (χ4v) is 6.59. The molecule has 4 aromatic rings. The zero-order valence-corrected chi connectivity index (χ0v) is 20.1. The van der Waals surface area contributed by atoms with Crippen LogP contribution in [0.15, 0.2) is 121 Å². The maximum atomic E-state index is 14.9. The summed E-state index contributed by atoms with van der Waals surface area (Å²) in [7, 11) is -2.34. The maximum absolute atomic E-state index is 14.9. The van der Waals surface area contributed by atoms with Gasteiger partial charge < -0.3 is 4.52 Å². The second kappa shape index (κ2) is 9.49. The maximum Gasteiger partial charge on any atom is 0.346 e. The summed E-state index contributed by atoms with van der Waals surface area (Å²) in [5.41, 5.74) is 2.53. The summed E-state index contributed by atoms with van der Waals surface area (Å²) in [4.78, 5) is 0. The van der Waals surface area contributed by atoms with Gasteiger partial charge in [0.1, 0.15) is 10.8 Å². The lowest BCUT2D eigenvalue weighted by Crippen LogP contribution is -2.33. The van der Waals surface area contributed by atoms with E-state index in [1.807, 2.05) is 135 Å². The molecule has 4 heteroatoms. The Labute approximate surface area is 196 Å². The Bertz CT molecular complexity index is 1130. The van der Waals surface area contributed by atoms with E-state index < -0.39 is 18.4 Å². The number of benzene rings is 4. The molecule has 0 saturated heterocycles. The summed E-state index contributed by atoms with van der Waals surface area (Å²) >= 11 is 0. The summed E-state index contributed by atoms with van der Waals surface area (Å²) in [5, 5.41) is -1.03. The van der Waals surface area contributed by atoms with E-state index >= 15 is 0 Å². The monoisotopic (exact) mass is 456 g/mol. The first-order valence-corrected chi connectivity index (χ1v) is 12.6. The normalized spacial score (nSPS) is 13.9. The van der Waals surface area contributed by atoms with Crippen LogP contribution in [0.2, 0.25) is 0 Å². The Kier molecular flexibility index (Phi) is 6.67. The third-order valence-electron chi connectivity index (χ3n) is 6.41. The summed E-state index contributed by atoms with van der Waals surface area (Å²) in [6, 6.07) is 39.4. The molecule has 4 rings (SSSR count). The van der Waals surface area contributed by atoms with E-state index in [2.05, 4.69) is 0 Å². The van der Waals surface area contributed by atoms with Gasteiger partial charge in [0, 0.05) is 7.11 Å². The molecule has 0 amide bonds. The van der Waals surface area contributed by atoms with Crippen molar-refractivity contribution in [3.05, 3.63) is 144 Å². The average molecular weight is 457 g/mol. The van der Waals surface area contributed by atoms with E-state index in [1.165, 1.54) is 7.11 Å². The minimum Gasteiger partial charge on any atom is -0.311 e. The molecule has 0 radical (unpaired) electrons. The molecule has 0 aliphatic carbocycles. The predicted molar refractivity (Wildman–Crippen MR) is 134 cm³/mol. The Balaban J connectivity index is 1.94. The zero-order chi connectivity index (χ0) is 23.4. The van der Waals surface area contributed by atoms with E-state index in [-0.39, 0.29) is 0 Å². The molecule has 0 aromatic heterocycles. The van der Waals surface area contributed by atoms with E-state index in [0.29, 0.717) is 0 Å². The van der Waals surface area contributed by atoms with Crippen LogP contribution in [-0.2, 0) is 24.4 Å². The second-order valence-electron chi connectivity index (χ2n) is 8.34. The topological polar surface area (TPSA) is 35.5 Å². The van der Waals surface area contributed by atoms with Gasteiger partial charge in [0.2, 0.25) is 0 Å². The summed E-state index contributed by atoms with van der Waals surface area (Å²) in [5.74, 6) is 0. The molecule has 33 heavy (non-hydrogen) atoms. The Morgan fingerprint density at radius 3 is 1.15 bits per heavy atom. The molecule has 0 bridgehead atoms. The van der Waals surface area contributed by atoms with Gasteiger partial charge in [-0.25, -0.2) is 0 Å². The van der Waals surface area contributed by atoms with Crippen molar-refractivity contribution in [3.8, 4) is 0 Å². The van der Waals surface area contributed by atoms with Crippen molar-refractivity contribution in [1.82, 2.24) is 0 Å². The summed E-state index contributed by atoms with van der Waals surface area (Å²) in [6.45, 7) is 3.90. The highest BCUT2D eigenvalue weighted by Gasteiger charge is 2.53. The molecule has 0 N–H and O–H groups in total. The SMILES string of the molecule is COP(=O)(OC(C)(c1ccccc1)c1ccccc1)C(C)(c1ccccc1)c1ccccc1. The first-order chi connectivity index (χ1) is 15.9. The van der Waals surface area contributed by atoms with E-state index in [9.17, 15) is 4.57 Å². The smallest absolute Gasteiger partial charge is 0.311 e. The second-order valence-corrected chi connectivity index (χ2v) is 10.8. The van der Waals surface area contributed by atoms with Gasteiger partial charge in [-0.2, -0.15) is 0 Å². The molecule has 0 aliphatic heterocycles. The molecule has 3 nitrogen and oxygen atoms in total. The molecule has 168 valence electrons. The van der Waals surface area contributed by atoms with Gasteiger partial charge in [0.15, 0.2) is 0 Å². The molecule has 1 atom stereocenters. The number of rotatable bonds is 8. The van der Waals surface area contributed by atoms with Crippen LogP contribution in [-0.4, -0.2) is 7.11 Å². The van der Waals surface area contributed by atoms with Crippen molar-refractivity contribution >= 4 is 7.60 Å². The molecular formula is C29H29O3P. The Morgan fingerprint density at radius 2 is 0.848 bits per heavy atom. The molecule has 0 fully saturated rings. The van der Waals surface area contributed by atoms with Crippen LogP contribution < -0.4 is 0 Å². The van der Waals surface area contributed by atoms with E-state index in [1.54, 1.807) is 0 Å². The molecule has 0 spiro atoms. The van der Waals surface area contributed by atoms with Crippen molar-refractivity contribution in [1.29, 1.82) is 0 Å². The number of hydrogen-bond donors (Lipinski definition) is 0. The third-order valence-corrected chi connectivity index (χ3v) is 9.11. The lowest BCUT2D eigenvalue weighted by molar-refractivity contribution is 0.0950. The van der Waals surface area contributed by atoms with Gasteiger partial charge in [0.25, 0.3) is 0 Å². The van der Waals surface area contributed by atoms with Crippen molar-refractivity contribution in [2.75, 3.05) is 7.11 Å². The van der Waals surface area contributed by atoms with Crippen molar-refractivity contribution in [2.45, 2.75) is 24.6 Å².